The van der Waals surface area contributed by atoms with Crippen molar-refractivity contribution in [3.05, 3.63) is 57.6 Å². The molecule has 3 rings (SSSR count). The minimum absolute atomic E-state index is 0.0130. The monoisotopic (exact) mass is 483 g/mol. The van der Waals surface area contributed by atoms with Crippen molar-refractivity contribution in [3.8, 4) is 0 Å². The third-order valence-corrected chi connectivity index (χ3v) is 7.25. The molecule has 8 nitrogen and oxygen atoms in total. The second-order valence-corrected chi connectivity index (χ2v) is 9.81. The van der Waals surface area contributed by atoms with E-state index in [9.17, 15) is 22.8 Å². The molecule has 31 heavy (non-hydrogen) atoms. The number of hydrogen-bond acceptors (Lipinski definition) is 5. The highest BCUT2D eigenvalue weighted by atomic mass is 35.5. The molecule has 1 aliphatic heterocycles. The SMILES string of the molecule is CC(C)N1C(=O)c2ccc(C(=O)N(C)CC(=O)Nc3c(Cl)cccc3Cl)cc2S1(=O)=O. The minimum atomic E-state index is -4.05. The van der Waals surface area contributed by atoms with Gasteiger partial charge in [0.05, 0.1) is 27.8 Å². The van der Waals surface area contributed by atoms with E-state index in [1.165, 1.54) is 19.2 Å². The fraction of sp³-hybridized carbons (Fsp3) is 0.250. The molecule has 0 unspecified atom stereocenters. The van der Waals surface area contributed by atoms with Crippen molar-refractivity contribution in [2.24, 2.45) is 0 Å². The summed E-state index contributed by atoms with van der Waals surface area (Å²) in [6.45, 7) is 2.84. The van der Waals surface area contributed by atoms with Crippen LogP contribution in [-0.4, -0.2) is 55.0 Å². The average molecular weight is 484 g/mol. The lowest BCUT2D eigenvalue weighted by Crippen LogP contribution is -2.36. The van der Waals surface area contributed by atoms with Crippen LogP contribution in [-0.2, 0) is 14.8 Å². The van der Waals surface area contributed by atoms with Crippen molar-refractivity contribution in [3.63, 3.8) is 0 Å². The minimum Gasteiger partial charge on any atom is -0.332 e. The summed E-state index contributed by atoms with van der Waals surface area (Å²) in [5.74, 6) is -1.76. The molecular weight excluding hydrogens is 465 g/mol. The van der Waals surface area contributed by atoms with Crippen LogP contribution in [0.15, 0.2) is 41.3 Å². The highest BCUT2D eigenvalue weighted by molar-refractivity contribution is 7.90. The van der Waals surface area contributed by atoms with E-state index in [4.69, 9.17) is 23.2 Å². The summed E-state index contributed by atoms with van der Waals surface area (Å²) < 4.78 is 26.2. The lowest BCUT2D eigenvalue weighted by Gasteiger charge is -2.19. The van der Waals surface area contributed by atoms with Crippen LogP contribution in [0.5, 0.6) is 0 Å². The number of sulfonamides is 1. The molecule has 11 heteroatoms. The van der Waals surface area contributed by atoms with Crippen LogP contribution < -0.4 is 5.32 Å². The Morgan fingerprint density at radius 3 is 2.32 bits per heavy atom. The van der Waals surface area contributed by atoms with E-state index >= 15 is 0 Å². The summed E-state index contributed by atoms with van der Waals surface area (Å²) in [5.41, 5.74) is 0.276. The van der Waals surface area contributed by atoms with E-state index in [0.717, 1.165) is 15.3 Å². The average Bonchev–Trinajstić information content (AvgIpc) is 2.89. The number of anilines is 1. The van der Waals surface area contributed by atoms with Gasteiger partial charge in [0, 0.05) is 18.7 Å². The first-order valence-corrected chi connectivity index (χ1v) is 11.4. The number of rotatable bonds is 5. The van der Waals surface area contributed by atoms with Crippen molar-refractivity contribution < 1.29 is 22.8 Å². The molecule has 3 amide bonds. The fourth-order valence-electron chi connectivity index (χ4n) is 3.20. The number of benzene rings is 2. The molecule has 0 bridgehead atoms. The van der Waals surface area contributed by atoms with Gasteiger partial charge in [0.2, 0.25) is 5.91 Å². The second-order valence-electron chi connectivity index (χ2n) is 7.22. The van der Waals surface area contributed by atoms with Gasteiger partial charge in [-0.25, -0.2) is 12.7 Å². The van der Waals surface area contributed by atoms with E-state index in [1.54, 1.807) is 32.0 Å². The lowest BCUT2D eigenvalue weighted by molar-refractivity contribution is -0.116. The number of carbonyl (C=O) groups excluding carboxylic acids is 3. The van der Waals surface area contributed by atoms with Crippen LogP contribution in [0.25, 0.3) is 0 Å². The molecule has 164 valence electrons. The molecule has 0 spiro atoms. The zero-order valence-electron chi connectivity index (χ0n) is 16.8. The van der Waals surface area contributed by atoms with Gasteiger partial charge in [0.15, 0.2) is 0 Å². The number of nitrogens with zero attached hydrogens (tertiary/aromatic N) is 2. The number of halogens is 2. The van der Waals surface area contributed by atoms with E-state index in [0.29, 0.717) is 0 Å². The van der Waals surface area contributed by atoms with Gasteiger partial charge in [-0.15, -0.1) is 0 Å². The van der Waals surface area contributed by atoms with Crippen LogP contribution in [0.4, 0.5) is 5.69 Å². The molecule has 0 aliphatic carbocycles. The Labute approximate surface area is 189 Å². The highest BCUT2D eigenvalue weighted by Gasteiger charge is 2.43. The number of nitrogens with one attached hydrogen (secondary N) is 1. The van der Waals surface area contributed by atoms with Crippen molar-refractivity contribution >= 4 is 56.6 Å². The third-order valence-electron chi connectivity index (χ3n) is 4.62. The van der Waals surface area contributed by atoms with Crippen LogP contribution >= 0.6 is 23.2 Å². The van der Waals surface area contributed by atoms with Crippen molar-refractivity contribution in [2.75, 3.05) is 18.9 Å². The van der Waals surface area contributed by atoms with Gasteiger partial charge >= 0.3 is 0 Å². The Balaban J connectivity index is 1.79. The van der Waals surface area contributed by atoms with Crippen LogP contribution in [0.1, 0.15) is 34.6 Å². The highest BCUT2D eigenvalue weighted by Crippen LogP contribution is 2.33. The molecule has 1 N–H and O–H groups in total. The van der Waals surface area contributed by atoms with Gasteiger partial charge in [0.25, 0.3) is 21.8 Å². The topological polar surface area (TPSA) is 104 Å². The molecule has 2 aromatic carbocycles. The molecule has 0 aromatic heterocycles. The summed E-state index contributed by atoms with van der Waals surface area (Å²) >= 11 is 12.1. The van der Waals surface area contributed by atoms with Crippen LogP contribution in [0.3, 0.4) is 0 Å². The molecule has 0 atom stereocenters. The molecular formula is C20H19Cl2N3O5S. The summed E-state index contributed by atoms with van der Waals surface area (Å²) in [5, 5.41) is 3.05. The Morgan fingerprint density at radius 2 is 1.74 bits per heavy atom. The molecule has 0 saturated heterocycles. The predicted octanol–water partition coefficient (Wildman–Crippen LogP) is 3.26. The number of likely N-dealkylation sites (N-methyl/N-ethyl adjacent to an activating group) is 1. The largest absolute Gasteiger partial charge is 0.332 e. The maximum Gasteiger partial charge on any atom is 0.269 e. The molecule has 0 saturated carbocycles. The Kier molecular flexibility index (Phi) is 6.31. The Bertz CT molecular complexity index is 1180. The third kappa shape index (κ3) is 4.26. The lowest BCUT2D eigenvalue weighted by atomic mass is 10.1. The number of fused-ring (bicyclic) bond motifs is 1. The number of para-hydroxylation sites is 1. The van der Waals surface area contributed by atoms with E-state index in [2.05, 4.69) is 5.32 Å². The Morgan fingerprint density at radius 1 is 1.13 bits per heavy atom. The van der Waals surface area contributed by atoms with Crippen molar-refractivity contribution in [1.82, 2.24) is 9.21 Å². The fourth-order valence-corrected chi connectivity index (χ4v) is 5.48. The van der Waals surface area contributed by atoms with Crippen LogP contribution in [0.2, 0.25) is 10.0 Å². The van der Waals surface area contributed by atoms with E-state index in [-0.39, 0.29) is 38.3 Å². The first-order chi connectivity index (χ1) is 14.4. The van der Waals surface area contributed by atoms with Gasteiger partial charge in [-0.3, -0.25) is 14.4 Å². The molecule has 1 aliphatic rings. The second kappa shape index (κ2) is 8.49. The quantitative estimate of drug-likeness (QED) is 0.702. The van der Waals surface area contributed by atoms with Gasteiger partial charge in [-0.05, 0) is 44.2 Å². The first-order valence-electron chi connectivity index (χ1n) is 9.17. The summed E-state index contributed by atoms with van der Waals surface area (Å²) in [6.07, 6.45) is 0. The summed E-state index contributed by atoms with van der Waals surface area (Å²) in [7, 11) is -2.65. The zero-order chi connectivity index (χ0) is 23.1. The number of amides is 3. The van der Waals surface area contributed by atoms with E-state index < -0.39 is 33.8 Å². The number of hydrogen-bond donors (Lipinski definition) is 1. The van der Waals surface area contributed by atoms with Gasteiger partial charge < -0.3 is 10.2 Å². The molecule has 2 aromatic rings. The predicted molar refractivity (Wildman–Crippen MR) is 117 cm³/mol. The smallest absolute Gasteiger partial charge is 0.269 e. The van der Waals surface area contributed by atoms with E-state index in [1.807, 2.05) is 0 Å². The standard InChI is InChI=1S/C20H19Cl2N3O5S/c1-11(2)25-20(28)13-8-7-12(9-16(13)31(25,29)30)19(27)24(3)10-17(26)23-18-14(21)5-4-6-15(18)22/h4-9,11H,10H2,1-3H3,(H,23,26). The van der Waals surface area contributed by atoms with Crippen LogP contribution in [0, 0.1) is 0 Å². The van der Waals surface area contributed by atoms with Crippen molar-refractivity contribution in [1.29, 1.82) is 0 Å². The molecule has 1 heterocycles. The zero-order valence-corrected chi connectivity index (χ0v) is 19.2. The van der Waals surface area contributed by atoms with Gasteiger partial charge in [-0.2, -0.15) is 0 Å². The van der Waals surface area contributed by atoms with Crippen molar-refractivity contribution in [2.45, 2.75) is 24.8 Å². The maximum absolute atomic E-state index is 12.8. The molecule has 0 fully saturated rings. The first kappa shape index (κ1) is 23.1. The Hall–Kier alpha value is -2.62. The number of carbonyl (C=O) groups is 3. The normalized spacial score (nSPS) is 14.5. The van der Waals surface area contributed by atoms with Gasteiger partial charge in [-0.1, -0.05) is 29.3 Å². The summed E-state index contributed by atoms with van der Waals surface area (Å²) in [4.78, 5) is 38.4. The molecule has 0 radical (unpaired) electrons. The summed E-state index contributed by atoms with van der Waals surface area (Å²) in [6, 6.07) is 8.01. The maximum atomic E-state index is 12.8. The van der Waals surface area contributed by atoms with Gasteiger partial charge in [0.1, 0.15) is 4.90 Å².